The van der Waals surface area contributed by atoms with E-state index in [0.29, 0.717) is 12.2 Å². The molecule has 0 amide bonds. The molecule has 3 nitrogen and oxygen atoms in total. The third-order valence-corrected chi connectivity index (χ3v) is 3.86. The van der Waals surface area contributed by atoms with E-state index in [1.54, 1.807) is 0 Å². The number of hydrogen-bond acceptors (Lipinski definition) is 2. The fourth-order valence-corrected chi connectivity index (χ4v) is 2.95. The van der Waals surface area contributed by atoms with Crippen molar-refractivity contribution in [1.29, 1.82) is 0 Å². The number of aromatic nitrogens is 1. The zero-order chi connectivity index (χ0) is 14.1. The predicted molar refractivity (Wildman–Crippen MR) is 81.3 cm³/mol. The van der Waals surface area contributed by atoms with Gasteiger partial charge in [-0.25, -0.2) is 0 Å². The first-order valence-electron chi connectivity index (χ1n) is 7.53. The maximum Gasteiger partial charge on any atom is 0.129 e. The summed E-state index contributed by atoms with van der Waals surface area (Å²) in [6.07, 6.45) is 5.42. The van der Waals surface area contributed by atoms with E-state index in [4.69, 9.17) is 9.47 Å². The summed E-state index contributed by atoms with van der Waals surface area (Å²) in [6.45, 7) is 7.20. The highest BCUT2D eigenvalue weighted by atomic mass is 16.5. The Morgan fingerprint density at radius 2 is 2.15 bits per heavy atom. The van der Waals surface area contributed by atoms with Crippen LogP contribution in [0, 0.1) is 0 Å². The molecule has 0 bridgehead atoms. The van der Waals surface area contributed by atoms with Crippen LogP contribution in [0.3, 0.4) is 0 Å². The van der Waals surface area contributed by atoms with E-state index < -0.39 is 0 Å². The lowest BCUT2D eigenvalue weighted by atomic mass is 10.2. The number of benzene rings is 1. The van der Waals surface area contributed by atoms with Crippen LogP contribution in [0.2, 0.25) is 0 Å². The van der Waals surface area contributed by atoms with Gasteiger partial charge in [0.05, 0.1) is 23.8 Å². The van der Waals surface area contributed by atoms with Crippen molar-refractivity contribution < 1.29 is 9.47 Å². The molecule has 1 aromatic carbocycles. The summed E-state index contributed by atoms with van der Waals surface area (Å²) >= 11 is 0. The molecule has 2 atom stereocenters. The van der Waals surface area contributed by atoms with Crippen LogP contribution in [-0.2, 0) is 11.3 Å². The predicted octanol–water partition coefficient (Wildman–Crippen LogP) is 4.00. The second kappa shape index (κ2) is 5.49. The minimum atomic E-state index is 0.197. The molecule has 108 valence electrons. The van der Waals surface area contributed by atoms with Crippen LogP contribution in [0.5, 0.6) is 5.75 Å². The van der Waals surface area contributed by atoms with Crippen molar-refractivity contribution in [2.24, 2.45) is 0 Å². The van der Waals surface area contributed by atoms with Gasteiger partial charge in [0, 0.05) is 18.1 Å². The van der Waals surface area contributed by atoms with Gasteiger partial charge in [-0.3, -0.25) is 0 Å². The number of rotatable bonds is 4. The Hall–Kier alpha value is -1.48. The monoisotopic (exact) mass is 273 g/mol. The standard InChI is InChI=1S/C17H23NO2/c1-12(2)19-17-6-4-5-16-15(17)9-10-18(16)11-14-8-7-13(3)20-14/h4-6,9-10,12-14H,7-8,11H2,1-3H3. The summed E-state index contributed by atoms with van der Waals surface area (Å²) in [6, 6.07) is 8.40. The van der Waals surface area contributed by atoms with Gasteiger partial charge in [0.25, 0.3) is 0 Å². The average molecular weight is 273 g/mol. The molecule has 2 unspecified atom stereocenters. The van der Waals surface area contributed by atoms with Gasteiger partial charge in [0.1, 0.15) is 5.75 Å². The first-order valence-corrected chi connectivity index (χ1v) is 7.53. The molecule has 1 fully saturated rings. The van der Waals surface area contributed by atoms with Crippen LogP contribution in [-0.4, -0.2) is 22.9 Å². The minimum Gasteiger partial charge on any atom is -0.490 e. The molecular formula is C17H23NO2. The molecule has 0 N–H and O–H groups in total. The third-order valence-electron chi connectivity index (χ3n) is 3.86. The van der Waals surface area contributed by atoms with Gasteiger partial charge in [0.15, 0.2) is 0 Å². The van der Waals surface area contributed by atoms with Crippen molar-refractivity contribution in [3.8, 4) is 5.75 Å². The summed E-state index contributed by atoms with van der Waals surface area (Å²) in [5.41, 5.74) is 1.23. The fraction of sp³-hybridized carbons (Fsp3) is 0.529. The van der Waals surface area contributed by atoms with Crippen LogP contribution in [0.15, 0.2) is 30.5 Å². The largest absolute Gasteiger partial charge is 0.490 e. The third kappa shape index (κ3) is 2.68. The van der Waals surface area contributed by atoms with Gasteiger partial charge >= 0.3 is 0 Å². The maximum absolute atomic E-state index is 5.93. The molecule has 0 spiro atoms. The van der Waals surface area contributed by atoms with Gasteiger partial charge in [-0.1, -0.05) is 6.07 Å². The molecule has 2 heterocycles. The lowest BCUT2D eigenvalue weighted by Crippen LogP contribution is -2.15. The van der Waals surface area contributed by atoms with E-state index in [9.17, 15) is 0 Å². The summed E-state index contributed by atoms with van der Waals surface area (Å²) in [4.78, 5) is 0. The van der Waals surface area contributed by atoms with Gasteiger partial charge in [-0.05, 0) is 51.8 Å². The lowest BCUT2D eigenvalue weighted by Gasteiger charge is -2.14. The van der Waals surface area contributed by atoms with Crippen LogP contribution >= 0.6 is 0 Å². The molecule has 1 saturated heterocycles. The number of ether oxygens (including phenoxy) is 2. The maximum atomic E-state index is 5.93. The molecule has 1 aromatic heterocycles. The summed E-state index contributed by atoms with van der Waals surface area (Å²) < 4.78 is 14.1. The minimum absolute atomic E-state index is 0.197. The quantitative estimate of drug-likeness (QED) is 0.840. The van der Waals surface area contributed by atoms with Gasteiger partial charge in [0.2, 0.25) is 0 Å². The highest BCUT2D eigenvalue weighted by molar-refractivity contribution is 5.86. The lowest BCUT2D eigenvalue weighted by molar-refractivity contribution is 0.0465. The Balaban J connectivity index is 1.85. The Labute approximate surface area is 120 Å². The molecule has 0 saturated carbocycles. The molecule has 0 aliphatic carbocycles. The van der Waals surface area contributed by atoms with E-state index in [2.05, 4.69) is 49.7 Å². The number of nitrogens with zero attached hydrogens (tertiary/aromatic N) is 1. The number of hydrogen-bond donors (Lipinski definition) is 0. The van der Waals surface area contributed by atoms with Gasteiger partial charge < -0.3 is 14.0 Å². The van der Waals surface area contributed by atoms with E-state index in [1.165, 1.54) is 17.3 Å². The Morgan fingerprint density at radius 1 is 1.30 bits per heavy atom. The summed E-state index contributed by atoms with van der Waals surface area (Å²) in [5, 5.41) is 1.19. The summed E-state index contributed by atoms with van der Waals surface area (Å²) in [5.74, 6) is 0.969. The zero-order valence-corrected chi connectivity index (χ0v) is 12.5. The zero-order valence-electron chi connectivity index (χ0n) is 12.5. The van der Waals surface area contributed by atoms with Crippen LogP contribution in [0.4, 0.5) is 0 Å². The van der Waals surface area contributed by atoms with E-state index >= 15 is 0 Å². The van der Waals surface area contributed by atoms with E-state index in [-0.39, 0.29) is 6.10 Å². The van der Waals surface area contributed by atoms with Gasteiger partial charge in [-0.15, -0.1) is 0 Å². The average Bonchev–Trinajstić information content (AvgIpc) is 2.97. The Kier molecular flexibility index (Phi) is 3.70. The highest BCUT2D eigenvalue weighted by Crippen LogP contribution is 2.29. The molecule has 1 aliphatic heterocycles. The van der Waals surface area contributed by atoms with Crippen molar-refractivity contribution in [1.82, 2.24) is 4.57 Å². The van der Waals surface area contributed by atoms with Crippen molar-refractivity contribution in [2.45, 2.75) is 58.5 Å². The molecule has 2 aromatic rings. The van der Waals surface area contributed by atoms with Crippen LogP contribution in [0.1, 0.15) is 33.6 Å². The molecule has 20 heavy (non-hydrogen) atoms. The first kappa shape index (κ1) is 13.5. The molecule has 3 heteroatoms. The molecule has 1 aliphatic rings. The fourth-order valence-electron chi connectivity index (χ4n) is 2.95. The van der Waals surface area contributed by atoms with Crippen molar-refractivity contribution in [3.05, 3.63) is 30.5 Å². The normalized spacial score (nSPS) is 22.8. The van der Waals surface area contributed by atoms with Crippen LogP contribution < -0.4 is 4.74 Å². The van der Waals surface area contributed by atoms with Crippen molar-refractivity contribution in [3.63, 3.8) is 0 Å². The van der Waals surface area contributed by atoms with E-state index in [0.717, 1.165) is 18.7 Å². The SMILES string of the molecule is CC(C)Oc1cccc2c1ccn2CC1CCC(C)O1. The van der Waals surface area contributed by atoms with Crippen molar-refractivity contribution in [2.75, 3.05) is 0 Å². The highest BCUT2D eigenvalue weighted by Gasteiger charge is 2.22. The summed E-state index contributed by atoms with van der Waals surface area (Å²) in [7, 11) is 0. The molecule has 3 rings (SSSR count). The van der Waals surface area contributed by atoms with Crippen LogP contribution in [0.25, 0.3) is 10.9 Å². The second-order valence-electron chi connectivity index (χ2n) is 5.97. The Bertz CT molecular complexity index is 588. The second-order valence-corrected chi connectivity index (χ2v) is 5.97. The van der Waals surface area contributed by atoms with Gasteiger partial charge in [-0.2, -0.15) is 0 Å². The molecular weight excluding hydrogens is 250 g/mol. The number of fused-ring (bicyclic) bond motifs is 1. The van der Waals surface area contributed by atoms with E-state index in [1.807, 2.05) is 6.07 Å². The Morgan fingerprint density at radius 3 is 2.85 bits per heavy atom. The molecule has 0 radical (unpaired) electrons. The first-order chi connectivity index (χ1) is 9.63. The topological polar surface area (TPSA) is 23.4 Å². The smallest absolute Gasteiger partial charge is 0.129 e. The van der Waals surface area contributed by atoms with Crippen molar-refractivity contribution >= 4 is 10.9 Å².